The van der Waals surface area contributed by atoms with Gasteiger partial charge in [-0.15, -0.1) is 0 Å². The van der Waals surface area contributed by atoms with Crippen LogP contribution in [0.1, 0.15) is 38.7 Å². The fraction of sp³-hybridized carbons (Fsp3) is 0.321. The predicted octanol–water partition coefficient (Wildman–Crippen LogP) is 6.68. The Labute approximate surface area is 221 Å². The van der Waals surface area contributed by atoms with Gasteiger partial charge in [0.15, 0.2) is 5.17 Å². The van der Waals surface area contributed by atoms with Gasteiger partial charge in [-0.1, -0.05) is 43.6 Å². The molecule has 2 aliphatic rings. The predicted molar refractivity (Wildman–Crippen MR) is 148 cm³/mol. The van der Waals surface area contributed by atoms with E-state index in [1.54, 1.807) is 0 Å². The Morgan fingerprint density at radius 2 is 2.06 bits per heavy atom. The van der Waals surface area contributed by atoms with Gasteiger partial charge in [0.25, 0.3) is 5.91 Å². The van der Waals surface area contributed by atoms with Crippen LogP contribution in [0.25, 0.3) is 23.0 Å². The van der Waals surface area contributed by atoms with Crippen LogP contribution in [0.4, 0.5) is 0 Å². The lowest BCUT2D eigenvalue weighted by atomic mass is 10.0. The Bertz CT molecular complexity index is 1320. The number of amidine groups is 1. The number of benzene rings is 2. The molecule has 1 amide bonds. The zero-order chi connectivity index (χ0) is 25.1. The van der Waals surface area contributed by atoms with Crippen molar-refractivity contribution in [3.8, 4) is 22.7 Å². The van der Waals surface area contributed by atoms with Crippen LogP contribution < -0.4 is 4.74 Å². The number of ether oxygens (including phenoxy) is 1. The van der Waals surface area contributed by atoms with Gasteiger partial charge >= 0.3 is 0 Å². The Balaban J connectivity index is 1.49. The summed E-state index contributed by atoms with van der Waals surface area (Å²) in [5.41, 5.74) is 3.36. The molecule has 0 saturated carbocycles. The van der Waals surface area contributed by atoms with Crippen molar-refractivity contribution in [3.05, 3.63) is 70.2 Å². The highest BCUT2D eigenvalue weighted by molar-refractivity contribution is 8.18. The third-order valence-electron chi connectivity index (χ3n) is 6.25. The smallest absolute Gasteiger partial charge is 0.286 e. The number of carbonyl (C=O) groups is 1. The van der Waals surface area contributed by atoms with Crippen LogP contribution in [0.15, 0.2) is 64.6 Å². The van der Waals surface area contributed by atoms with Gasteiger partial charge in [-0.3, -0.25) is 4.79 Å². The van der Waals surface area contributed by atoms with E-state index in [-0.39, 0.29) is 5.91 Å². The van der Waals surface area contributed by atoms with Crippen molar-refractivity contribution in [3.63, 3.8) is 0 Å². The third kappa shape index (κ3) is 5.37. The second kappa shape index (κ2) is 10.9. The highest BCUT2D eigenvalue weighted by Gasteiger charge is 2.29. The Kier molecular flexibility index (Phi) is 7.48. The van der Waals surface area contributed by atoms with Crippen LogP contribution in [0.3, 0.4) is 0 Å². The highest BCUT2D eigenvalue weighted by atomic mass is 35.5. The average Bonchev–Trinajstić information content (AvgIpc) is 3.48. The minimum atomic E-state index is -0.201. The number of aliphatic imine (C=N–C) groups is 1. The average molecular weight is 521 g/mol. The molecule has 3 aromatic rings. The van der Waals surface area contributed by atoms with E-state index < -0.39 is 0 Å². The van der Waals surface area contributed by atoms with Gasteiger partial charge in [0.1, 0.15) is 11.4 Å². The molecule has 0 bridgehead atoms. The van der Waals surface area contributed by atoms with Crippen molar-refractivity contribution in [1.29, 1.82) is 0 Å². The molecule has 0 radical (unpaired) electrons. The molecule has 5 rings (SSSR count). The first kappa shape index (κ1) is 24.7. The summed E-state index contributed by atoms with van der Waals surface area (Å²) in [5.74, 6) is 1.06. The zero-order valence-electron chi connectivity index (χ0n) is 20.5. The lowest BCUT2D eigenvalue weighted by Gasteiger charge is -2.31. The van der Waals surface area contributed by atoms with Crippen molar-refractivity contribution < 1.29 is 9.53 Å². The molecule has 3 heterocycles. The van der Waals surface area contributed by atoms with Crippen LogP contribution in [0.2, 0.25) is 5.02 Å². The number of hydrogen-bond acceptors (Lipinski definition) is 5. The first-order chi connectivity index (χ1) is 17.5. The second-order valence-corrected chi connectivity index (χ2v) is 10.6. The third-order valence-corrected chi connectivity index (χ3v) is 7.59. The fourth-order valence-corrected chi connectivity index (χ4v) is 5.62. The summed E-state index contributed by atoms with van der Waals surface area (Å²) in [7, 11) is 0. The summed E-state index contributed by atoms with van der Waals surface area (Å²) in [4.78, 5) is 20.1. The number of para-hydroxylation sites is 1. The van der Waals surface area contributed by atoms with E-state index >= 15 is 0 Å². The normalized spacial score (nSPS) is 19.1. The number of aromatic nitrogens is 2. The van der Waals surface area contributed by atoms with Crippen molar-refractivity contribution in [2.45, 2.75) is 33.1 Å². The molecule has 1 atom stereocenters. The van der Waals surface area contributed by atoms with E-state index in [1.165, 1.54) is 18.2 Å². The zero-order valence-corrected chi connectivity index (χ0v) is 22.1. The standard InChI is InChI=1S/C28H29ClN4O2S/c1-3-14-35-24-12-11-20(15-23(24)29)26-21(18-33(31-26)22-9-5-4-6-10-22)16-25-27(34)30-28(36-25)32-13-7-8-19(2)17-32/h4-6,9-12,15-16,18-19H,3,7-8,13-14,17H2,1-2H3/b25-16-. The molecule has 8 heteroatoms. The summed E-state index contributed by atoms with van der Waals surface area (Å²) in [6.45, 7) is 6.80. The molecule has 2 aromatic carbocycles. The van der Waals surface area contributed by atoms with Gasteiger partial charge in [0, 0.05) is 30.4 Å². The van der Waals surface area contributed by atoms with Crippen LogP contribution in [0, 0.1) is 5.92 Å². The molecular weight excluding hydrogens is 492 g/mol. The maximum atomic E-state index is 12.9. The lowest BCUT2D eigenvalue weighted by molar-refractivity contribution is -0.113. The molecule has 0 aliphatic carbocycles. The van der Waals surface area contributed by atoms with Gasteiger partial charge in [-0.05, 0) is 73.4 Å². The number of rotatable bonds is 6. The second-order valence-electron chi connectivity index (χ2n) is 9.21. The molecule has 1 unspecified atom stereocenters. The van der Waals surface area contributed by atoms with Gasteiger partial charge in [0.05, 0.1) is 22.2 Å². The number of nitrogens with zero attached hydrogens (tertiary/aromatic N) is 4. The maximum Gasteiger partial charge on any atom is 0.286 e. The number of thioether (sulfide) groups is 1. The quantitative estimate of drug-likeness (QED) is 0.339. The summed E-state index contributed by atoms with van der Waals surface area (Å²) in [6.07, 6.45) is 7.10. The minimum Gasteiger partial charge on any atom is -0.492 e. The van der Waals surface area contributed by atoms with Crippen molar-refractivity contribution >= 4 is 40.5 Å². The van der Waals surface area contributed by atoms with E-state index in [1.807, 2.05) is 65.5 Å². The molecule has 0 spiro atoms. The number of amides is 1. The molecule has 1 aromatic heterocycles. The molecular formula is C28H29ClN4O2S. The van der Waals surface area contributed by atoms with Crippen molar-refractivity contribution in [2.24, 2.45) is 10.9 Å². The number of hydrogen-bond donors (Lipinski definition) is 0. The fourth-order valence-electron chi connectivity index (χ4n) is 4.45. The number of piperidine rings is 1. The first-order valence-electron chi connectivity index (χ1n) is 12.4. The van der Waals surface area contributed by atoms with Gasteiger partial charge < -0.3 is 9.64 Å². The van der Waals surface area contributed by atoms with E-state index in [4.69, 9.17) is 21.4 Å². The number of carbonyl (C=O) groups excluding carboxylic acids is 1. The largest absolute Gasteiger partial charge is 0.492 e. The van der Waals surface area contributed by atoms with Crippen LogP contribution in [0.5, 0.6) is 5.75 Å². The Hall–Kier alpha value is -3.03. The summed E-state index contributed by atoms with van der Waals surface area (Å²) < 4.78 is 7.57. The molecule has 186 valence electrons. The molecule has 1 fully saturated rings. The number of halogens is 1. The summed E-state index contributed by atoms with van der Waals surface area (Å²) in [6, 6.07) is 15.6. The molecule has 6 nitrogen and oxygen atoms in total. The minimum absolute atomic E-state index is 0.201. The van der Waals surface area contributed by atoms with Gasteiger partial charge in [-0.2, -0.15) is 10.1 Å². The van der Waals surface area contributed by atoms with Crippen LogP contribution in [-0.4, -0.2) is 45.5 Å². The van der Waals surface area contributed by atoms with Gasteiger partial charge in [0.2, 0.25) is 0 Å². The van der Waals surface area contributed by atoms with Crippen molar-refractivity contribution in [1.82, 2.24) is 14.7 Å². The molecule has 0 N–H and O–H groups in total. The molecule has 2 aliphatic heterocycles. The first-order valence-corrected chi connectivity index (χ1v) is 13.6. The summed E-state index contributed by atoms with van der Waals surface area (Å²) >= 11 is 7.99. The van der Waals surface area contributed by atoms with Gasteiger partial charge in [-0.25, -0.2) is 4.68 Å². The SMILES string of the molecule is CCCOc1ccc(-c2nn(-c3ccccc3)cc2/C=C2\SC(N3CCCC(C)C3)=NC2=O)cc1Cl. The number of likely N-dealkylation sites (tertiary alicyclic amines) is 1. The monoisotopic (exact) mass is 520 g/mol. The van der Waals surface area contributed by atoms with Crippen LogP contribution >= 0.6 is 23.4 Å². The van der Waals surface area contributed by atoms with E-state index in [0.717, 1.165) is 53.6 Å². The topological polar surface area (TPSA) is 59.7 Å². The summed E-state index contributed by atoms with van der Waals surface area (Å²) in [5, 5.41) is 6.21. The molecule has 1 saturated heterocycles. The van der Waals surface area contributed by atoms with Crippen LogP contribution in [-0.2, 0) is 4.79 Å². The van der Waals surface area contributed by atoms with E-state index in [0.29, 0.717) is 28.2 Å². The maximum absolute atomic E-state index is 12.9. The lowest BCUT2D eigenvalue weighted by Crippen LogP contribution is -2.37. The van der Waals surface area contributed by atoms with E-state index in [9.17, 15) is 4.79 Å². The highest BCUT2D eigenvalue weighted by Crippen LogP contribution is 2.36. The van der Waals surface area contributed by atoms with E-state index in [2.05, 4.69) is 23.7 Å². The molecule has 36 heavy (non-hydrogen) atoms. The Morgan fingerprint density at radius 1 is 1.22 bits per heavy atom. The van der Waals surface area contributed by atoms with Crippen molar-refractivity contribution in [2.75, 3.05) is 19.7 Å². The Morgan fingerprint density at radius 3 is 2.81 bits per heavy atom.